The van der Waals surface area contributed by atoms with Crippen molar-refractivity contribution in [2.75, 3.05) is 31.1 Å². The highest BCUT2D eigenvalue weighted by molar-refractivity contribution is 6.36. The Balaban J connectivity index is 1.65. The fourth-order valence-electron chi connectivity index (χ4n) is 6.33. The van der Waals surface area contributed by atoms with E-state index in [1.807, 2.05) is 24.1 Å². The molecule has 2 N–H and O–H groups in total. The van der Waals surface area contributed by atoms with Crippen LogP contribution in [0, 0.1) is 19.8 Å². The molecule has 2 saturated heterocycles. The fraction of sp³-hybridized carbons (Fsp3) is 0.536. The van der Waals surface area contributed by atoms with Crippen molar-refractivity contribution in [2.24, 2.45) is 5.92 Å². The number of aliphatic hydroxyl groups excluding tert-OH is 1. The van der Waals surface area contributed by atoms with E-state index < -0.39 is 0 Å². The van der Waals surface area contributed by atoms with Crippen LogP contribution >= 0.6 is 11.6 Å². The van der Waals surface area contributed by atoms with E-state index in [2.05, 4.69) is 47.1 Å². The van der Waals surface area contributed by atoms with Gasteiger partial charge in [0.15, 0.2) is 5.82 Å². The molecule has 8 nitrogen and oxygen atoms in total. The molecule has 0 radical (unpaired) electrons. The Morgan fingerprint density at radius 3 is 2.62 bits per heavy atom. The number of rotatable bonds is 5. The number of carbonyl (C=O) groups excluding carboxylic acids is 1. The number of hydrogen-bond donors (Lipinski definition) is 2. The van der Waals surface area contributed by atoms with Crippen molar-refractivity contribution in [1.82, 2.24) is 24.9 Å². The molecule has 0 bridgehead atoms. The summed E-state index contributed by atoms with van der Waals surface area (Å²) in [5, 5.41) is 24.3. The predicted molar refractivity (Wildman–Crippen MR) is 148 cm³/mol. The Hall–Kier alpha value is -2.84. The maximum atomic E-state index is 12.2. The first-order valence-corrected chi connectivity index (χ1v) is 13.6. The van der Waals surface area contributed by atoms with Crippen LogP contribution in [0.25, 0.3) is 22.0 Å². The summed E-state index contributed by atoms with van der Waals surface area (Å²) >= 11 is 7.04. The number of amides is 1. The van der Waals surface area contributed by atoms with E-state index >= 15 is 0 Å². The second-order valence-electron chi connectivity index (χ2n) is 11.2. The molecular weight excluding hydrogens is 488 g/mol. The average molecular weight is 525 g/mol. The number of halogens is 1. The van der Waals surface area contributed by atoms with Gasteiger partial charge in [0.05, 0.1) is 22.8 Å². The molecule has 2 aliphatic rings. The molecule has 4 heterocycles. The first-order valence-electron chi connectivity index (χ1n) is 13.2. The van der Waals surface area contributed by atoms with Crippen LogP contribution < -0.4 is 4.90 Å². The number of likely N-dealkylation sites (tertiary alicyclic amines) is 1. The van der Waals surface area contributed by atoms with Crippen LogP contribution in [0.15, 0.2) is 24.9 Å². The number of anilines is 1. The second-order valence-corrected chi connectivity index (χ2v) is 11.6. The van der Waals surface area contributed by atoms with Crippen LogP contribution in [0.3, 0.4) is 0 Å². The molecule has 5 rings (SSSR count). The largest absolute Gasteiger partial charge is 0.396 e. The molecule has 2 fully saturated rings. The van der Waals surface area contributed by atoms with E-state index in [0.717, 1.165) is 71.3 Å². The maximum absolute atomic E-state index is 12.2. The lowest BCUT2D eigenvalue weighted by Gasteiger charge is -2.46. The summed E-state index contributed by atoms with van der Waals surface area (Å²) in [5.41, 5.74) is 4.82. The number of nitrogens with one attached hydrogen (secondary N) is 1. The predicted octanol–water partition coefficient (Wildman–Crippen LogP) is 5.03. The van der Waals surface area contributed by atoms with Crippen molar-refractivity contribution in [3.63, 3.8) is 0 Å². The van der Waals surface area contributed by atoms with E-state index in [0.29, 0.717) is 18.1 Å². The lowest BCUT2D eigenvalue weighted by atomic mass is 9.82. The number of nitrogens with zero attached hydrogens (tertiary/aromatic N) is 5. The molecule has 37 heavy (non-hydrogen) atoms. The molecule has 1 unspecified atom stereocenters. The van der Waals surface area contributed by atoms with Crippen molar-refractivity contribution < 1.29 is 9.90 Å². The van der Waals surface area contributed by atoms with Gasteiger partial charge < -0.3 is 14.9 Å². The molecule has 0 spiro atoms. The lowest BCUT2D eigenvalue weighted by Crippen LogP contribution is -2.51. The van der Waals surface area contributed by atoms with Crippen molar-refractivity contribution in [2.45, 2.75) is 65.0 Å². The van der Waals surface area contributed by atoms with Crippen molar-refractivity contribution in [3.05, 3.63) is 41.2 Å². The molecular formula is C28H37ClN6O2. The zero-order valence-electron chi connectivity index (χ0n) is 22.2. The molecule has 198 valence electrons. The molecule has 9 heteroatoms. The van der Waals surface area contributed by atoms with Crippen molar-refractivity contribution in [1.29, 1.82) is 0 Å². The number of aromatic nitrogens is 4. The van der Waals surface area contributed by atoms with Crippen LogP contribution in [0.5, 0.6) is 0 Å². The van der Waals surface area contributed by atoms with Crippen LogP contribution in [-0.4, -0.2) is 67.7 Å². The number of fused-ring (bicyclic) bond motifs is 1. The van der Waals surface area contributed by atoms with Gasteiger partial charge in [0.1, 0.15) is 0 Å². The highest BCUT2D eigenvalue weighted by atomic mass is 35.5. The smallest absolute Gasteiger partial charge is 0.245 e. The van der Waals surface area contributed by atoms with Gasteiger partial charge in [-0.3, -0.25) is 14.6 Å². The number of aryl methyl sites for hydroxylation is 1. The Kier molecular flexibility index (Phi) is 6.83. The fourth-order valence-corrected chi connectivity index (χ4v) is 6.58. The molecule has 1 amide bonds. The molecule has 2 aromatic heterocycles. The minimum Gasteiger partial charge on any atom is -0.396 e. The van der Waals surface area contributed by atoms with Crippen LogP contribution in [0.2, 0.25) is 5.02 Å². The quantitative estimate of drug-likeness (QED) is 0.457. The van der Waals surface area contributed by atoms with Gasteiger partial charge >= 0.3 is 0 Å². The average Bonchev–Trinajstić information content (AvgIpc) is 3.48. The first-order chi connectivity index (χ1) is 17.7. The third-order valence-corrected chi connectivity index (χ3v) is 8.82. The third kappa shape index (κ3) is 4.44. The number of carbonyl (C=O) groups is 1. The van der Waals surface area contributed by atoms with Gasteiger partial charge in [-0.05, 0) is 77.0 Å². The molecule has 2 aliphatic heterocycles. The van der Waals surface area contributed by atoms with E-state index in [9.17, 15) is 9.90 Å². The Labute approximate surface area is 223 Å². The highest BCUT2D eigenvalue weighted by Crippen LogP contribution is 2.47. The van der Waals surface area contributed by atoms with Crippen molar-refractivity contribution in [3.8, 4) is 11.1 Å². The maximum Gasteiger partial charge on any atom is 0.245 e. The van der Waals surface area contributed by atoms with Crippen molar-refractivity contribution >= 4 is 34.2 Å². The number of benzene rings is 1. The van der Waals surface area contributed by atoms with Gasteiger partial charge in [0, 0.05) is 54.0 Å². The van der Waals surface area contributed by atoms with Gasteiger partial charge in [0.2, 0.25) is 5.91 Å². The molecule has 3 aromatic rings. The van der Waals surface area contributed by atoms with Crippen LogP contribution in [0.4, 0.5) is 5.82 Å². The van der Waals surface area contributed by atoms with Gasteiger partial charge in [0.25, 0.3) is 0 Å². The van der Waals surface area contributed by atoms with E-state index in [-0.39, 0.29) is 30.0 Å². The lowest BCUT2D eigenvalue weighted by molar-refractivity contribution is -0.127. The van der Waals surface area contributed by atoms with E-state index in [1.54, 1.807) is 0 Å². The minimum absolute atomic E-state index is 0.0144. The SMILES string of the molecule is C=CC(=O)N1CCC(n2nc(N3CCC(CO)CC3(C)C)c(-c3c(Cl)c(C)cc4[nH]ncc34)c2C)CC1. The van der Waals surface area contributed by atoms with Crippen LogP contribution in [0.1, 0.15) is 56.8 Å². The third-order valence-electron chi connectivity index (χ3n) is 8.34. The van der Waals surface area contributed by atoms with E-state index in [1.165, 1.54) is 6.08 Å². The second kappa shape index (κ2) is 9.80. The minimum atomic E-state index is -0.183. The Bertz CT molecular complexity index is 1330. The summed E-state index contributed by atoms with van der Waals surface area (Å²) in [5.74, 6) is 1.20. The number of piperidine rings is 2. The number of aromatic amines is 1. The summed E-state index contributed by atoms with van der Waals surface area (Å²) < 4.78 is 2.17. The van der Waals surface area contributed by atoms with E-state index in [4.69, 9.17) is 16.7 Å². The highest BCUT2D eigenvalue weighted by Gasteiger charge is 2.39. The number of aliphatic hydroxyl groups is 1. The van der Waals surface area contributed by atoms with Gasteiger partial charge in [-0.2, -0.15) is 10.2 Å². The Morgan fingerprint density at radius 1 is 1.24 bits per heavy atom. The Morgan fingerprint density at radius 2 is 1.97 bits per heavy atom. The number of H-pyrrole nitrogens is 1. The zero-order chi connectivity index (χ0) is 26.5. The molecule has 0 aliphatic carbocycles. The number of hydrogen-bond acceptors (Lipinski definition) is 5. The summed E-state index contributed by atoms with van der Waals surface area (Å²) in [6, 6.07) is 2.22. The molecule has 1 atom stereocenters. The topological polar surface area (TPSA) is 90.3 Å². The molecule has 0 saturated carbocycles. The summed E-state index contributed by atoms with van der Waals surface area (Å²) in [4.78, 5) is 16.4. The van der Waals surface area contributed by atoms with Gasteiger partial charge in [-0.25, -0.2) is 0 Å². The van der Waals surface area contributed by atoms with Gasteiger partial charge in [-0.15, -0.1) is 0 Å². The normalized spacial score (nSPS) is 20.5. The molecule has 1 aromatic carbocycles. The monoisotopic (exact) mass is 524 g/mol. The summed E-state index contributed by atoms with van der Waals surface area (Å²) in [7, 11) is 0. The summed E-state index contributed by atoms with van der Waals surface area (Å²) in [6.07, 6.45) is 6.71. The zero-order valence-corrected chi connectivity index (χ0v) is 23.0. The standard InChI is InChI=1S/C28H37ClN6O2/c1-6-23(37)33-10-8-20(9-11-33)35-18(3)24(25-21-15-30-31-22(21)13-17(2)26(25)29)27(32-35)34-12-7-19(16-36)14-28(34,4)5/h6,13,15,19-20,36H,1,7-12,14,16H2,2-5H3,(H,30,31). The first kappa shape index (κ1) is 25.8. The summed E-state index contributed by atoms with van der Waals surface area (Å²) in [6.45, 7) is 14.6. The van der Waals surface area contributed by atoms with Gasteiger partial charge in [-0.1, -0.05) is 18.2 Å². The van der Waals surface area contributed by atoms with Crippen LogP contribution in [-0.2, 0) is 4.79 Å².